The molecular weight excluding hydrogens is 377 g/mol. The molecule has 3 aromatic rings. The van der Waals surface area contributed by atoms with E-state index < -0.39 is 5.60 Å². The van der Waals surface area contributed by atoms with E-state index in [1.165, 1.54) is 11.6 Å². The summed E-state index contributed by atoms with van der Waals surface area (Å²) in [6.45, 7) is 2.44. The van der Waals surface area contributed by atoms with Gasteiger partial charge in [0.05, 0.1) is 11.8 Å². The summed E-state index contributed by atoms with van der Waals surface area (Å²) >= 11 is 0. The predicted octanol–water partition coefficient (Wildman–Crippen LogP) is 4.00. The zero-order chi connectivity index (χ0) is 18.7. The second kappa shape index (κ2) is 8.86. The van der Waals surface area contributed by atoms with E-state index in [1.807, 2.05) is 24.4 Å². The lowest BCUT2D eigenvalue weighted by Crippen LogP contribution is -2.45. The summed E-state index contributed by atoms with van der Waals surface area (Å²) in [6, 6.07) is 16.8. The first-order chi connectivity index (χ1) is 13.1. The minimum absolute atomic E-state index is 0. The number of benzene rings is 2. The highest BCUT2D eigenvalue weighted by Gasteiger charge is 2.32. The molecule has 0 unspecified atom stereocenters. The van der Waals surface area contributed by atoms with Crippen LogP contribution in [-0.2, 0) is 13.0 Å². The first-order valence-electron chi connectivity index (χ1n) is 9.38. The van der Waals surface area contributed by atoms with Crippen LogP contribution >= 0.6 is 12.4 Å². The van der Waals surface area contributed by atoms with Crippen LogP contribution in [0.1, 0.15) is 24.0 Å². The van der Waals surface area contributed by atoms with Crippen LogP contribution in [0.3, 0.4) is 0 Å². The molecule has 0 spiro atoms. The standard InChI is InChI=1S/C22H24FN3O.ClH/c23-20-8-4-5-9-21(20)26-17-19(15-24-26)16-25-12-10-22(27,11-13-25)14-18-6-2-1-3-7-18;/h1-9,15,17,27H,10-14,16H2;1H. The highest BCUT2D eigenvalue weighted by molar-refractivity contribution is 5.85. The van der Waals surface area contributed by atoms with Crippen molar-refractivity contribution in [2.45, 2.75) is 31.4 Å². The summed E-state index contributed by atoms with van der Waals surface area (Å²) in [4.78, 5) is 2.32. The Balaban J connectivity index is 0.00000225. The molecule has 1 fully saturated rings. The molecule has 148 valence electrons. The van der Waals surface area contributed by atoms with Gasteiger partial charge in [-0.1, -0.05) is 42.5 Å². The van der Waals surface area contributed by atoms with Crippen molar-refractivity contribution in [1.29, 1.82) is 0 Å². The van der Waals surface area contributed by atoms with E-state index in [0.717, 1.165) is 38.0 Å². The van der Waals surface area contributed by atoms with Crippen molar-refractivity contribution in [2.75, 3.05) is 13.1 Å². The van der Waals surface area contributed by atoms with E-state index in [0.29, 0.717) is 12.1 Å². The number of hydrogen-bond acceptors (Lipinski definition) is 3. The highest BCUT2D eigenvalue weighted by atomic mass is 35.5. The first-order valence-corrected chi connectivity index (χ1v) is 9.38. The molecule has 0 bridgehead atoms. The van der Waals surface area contributed by atoms with Crippen molar-refractivity contribution in [3.05, 3.63) is 83.9 Å². The third-order valence-corrected chi connectivity index (χ3v) is 5.30. The van der Waals surface area contributed by atoms with Gasteiger partial charge in [0.15, 0.2) is 0 Å². The van der Waals surface area contributed by atoms with E-state index in [4.69, 9.17) is 0 Å². The van der Waals surface area contributed by atoms with Gasteiger partial charge in [-0.25, -0.2) is 9.07 Å². The number of para-hydroxylation sites is 1. The van der Waals surface area contributed by atoms with E-state index in [2.05, 4.69) is 22.1 Å². The molecule has 1 aliphatic rings. The van der Waals surface area contributed by atoms with E-state index in [1.54, 1.807) is 29.1 Å². The fourth-order valence-electron chi connectivity index (χ4n) is 3.75. The maximum absolute atomic E-state index is 13.9. The van der Waals surface area contributed by atoms with Gasteiger partial charge in [-0.2, -0.15) is 5.10 Å². The molecule has 0 atom stereocenters. The Morgan fingerprint density at radius 3 is 2.36 bits per heavy atom. The number of aliphatic hydroxyl groups is 1. The van der Waals surface area contributed by atoms with Crippen LogP contribution in [0.15, 0.2) is 67.0 Å². The molecule has 2 aromatic carbocycles. The summed E-state index contributed by atoms with van der Waals surface area (Å²) in [6.07, 6.45) is 5.87. The van der Waals surface area contributed by atoms with Gasteiger partial charge in [0.25, 0.3) is 0 Å². The highest BCUT2D eigenvalue weighted by Crippen LogP contribution is 2.27. The van der Waals surface area contributed by atoms with Gasteiger partial charge in [-0.15, -0.1) is 12.4 Å². The predicted molar refractivity (Wildman–Crippen MR) is 110 cm³/mol. The number of piperidine rings is 1. The van der Waals surface area contributed by atoms with Gasteiger partial charge < -0.3 is 5.11 Å². The van der Waals surface area contributed by atoms with Crippen molar-refractivity contribution in [1.82, 2.24) is 14.7 Å². The summed E-state index contributed by atoms with van der Waals surface area (Å²) in [5, 5.41) is 15.2. The SMILES string of the molecule is Cl.OC1(Cc2ccccc2)CCN(Cc2cnn(-c3ccccc3F)c2)CC1. The topological polar surface area (TPSA) is 41.3 Å². The Morgan fingerprint density at radius 2 is 1.64 bits per heavy atom. The Kier molecular flexibility index (Phi) is 6.50. The first kappa shape index (κ1) is 20.5. The maximum atomic E-state index is 13.9. The molecule has 1 saturated heterocycles. The number of aromatic nitrogens is 2. The molecular formula is C22H25ClFN3O. The average Bonchev–Trinajstić information content (AvgIpc) is 3.13. The van der Waals surface area contributed by atoms with Crippen molar-refractivity contribution in [3.63, 3.8) is 0 Å². The molecule has 1 N–H and O–H groups in total. The molecule has 1 aromatic heterocycles. The average molecular weight is 402 g/mol. The molecule has 0 aliphatic carbocycles. The molecule has 4 nitrogen and oxygen atoms in total. The maximum Gasteiger partial charge on any atom is 0.148 e. The summed E-state index contributed by atoms with van der Waals surface area (Å²) in [5.74, 6) is -0.281. The van der Waals surface area contributed by atoms with Gasteiger partial charge in [0, 0.05) is 37.8 Å². The van der Waals surface area contributed by atoms with E-state index >= 15 is 0 Å². The number of halogens is 2. The van der Waals surface area contributed by atoms with Crippen LogP contribution in [0.25, 0.3) is 5.69 Å². The largest absolute Gasteiger partial charge is 0.389 e. The minimum Gasteiger partial charge on any atom is -0.389 e. The van der Waals surface area contributed by atoms with Gasteiger partial charge >= 0.3 is 0 Å². The van der Waals surface area contributed by atoms with Gasteiger partial charge in [-0.3, -0.25) is 4.90 Å². The van der Waals surface area contributed by atoms with Crippen molar-refractivity contribution in [3.8, 4) is 5.69 Å². The second-order valence-electron chi connectivity index (χ2n) is 7.41. The monoisotopic (exact) mass is 401 g/mol. The number of nitrogens with zero attached hydrogens (tertiary/aromatic N) is 3. The van der Waals surface area contributed by atoms with Gasteiger partial charge in [0.1, 0.15) is 11.5 Å². The fourth-order valence-corrected chi connectivity index (χ4v) is 3.75. The smallest absolute Gasteiger partial charge is 0.148 e. The number of likely N-dealkylation sites (tertiary alicyclic amines) is 1. The minimum atomic E-state index is -0.630. The molecule has 4 rings (SSSR count). The summed E-state index contributed by atoms with van der Waals surface area (Å²) in [7, 11) is 0. The molecule has 0 radical (unpaired) electrons. The molecule has 28 heavy (non-hydrogen) atoms. The second-order valence-corrected chi connectivity index (χ2v) is 7.41. The Bertz CT molecular complexity index is 892. The van der Waals surface area contributed by atoms with Crippen molar-refractivity contribution < 1.29 is 9.50 Å². The van der Waals surface area contributed by atoms with E-state index in [-0.39, 0.29) is 18.2 Å². The zero-order valence-corrected chi connectivity index (χ0v) is 16.5. The Morgan fingerprint density at radius 1 is 0.964 bits per heavy atom. The summed E-state index contributed by atoms with van der Waals surface area (Å²) in [5.41, 5.74) is 2.06. The van der Waals surface area contributed by atoms with Crippen LogP contribution in [0.2, 0.25) is 0 Å². The van der Waals surface area contributed by atoms with Crippen molar-refractivity contribution >= 4 is 12.4 Å². The normalized spacial score (nSPS) is 16.5. The van der Waals surface area contributed by atoms with Crippen LogP contribution in [0.5, 0.6) is 0 Å². The van der Waals surface area contributed by atoms with Crippen LogP contribution in [-0.4, -0.2) is 38.5 Å². The van der Waals surface area contributed by atoms with Crippen LogP contribution < -0.4 is 0 Å². The quantitative estimate of drug-likeness (QED) is 0.702. The van der Waals surface area contributed by atoms with Crippen LogP contribution in [0, 0.1) is 5.82 Å². The van der Waals surface area contributed by atoms with Gasteiger partial charge in [0.2, 0.25) is 0 Å². The Labute approximate surface area is 171 Å². The molecule has 6 heteroatoms. The van der Waals surface area contributed by atoms with Crippen LogP contribution in [0.4, 0.5) is 4.39 Å². The molecule has 1 aliphatic heterocycles. The van der Waals surface area contributed by atoms with Gasteiger partial charge in [-0.05, 0) is 30.5 Å². The third kappa shape index (κ3) is 4.79. The number of hydrogen-bond donors (Lipinski definition) is 1. The number of rotatable bonds is 5. The molecule has 0 saturated carbocycles. The lowest BCUT2D eigenvalue weighted by molar-refractivity contribution is -0.0224. The lowest BCUT2D eigenvalue weighted by Gasteiger charge is -2.38. The van der Waals surface area contributed by atoms with E-state index in [9.17, 15) is 9.50 Å². The Hall–Kier alpha value is -2.21. The third-order valence-electron chi connectivity index (χ3n) is 5.30. The molecule has 0 amide bonds. The van der Waals surface area contributed by atoms with Crippen molar-refractivity contribution in [2.24, 2.45) is 0 Å². The lowest BCUT2D eigenvalue weighted by atomic mass is 9.85. The molecule has 2 heterocycles. The summed E-state index contributed by atoms with van der Waals surface area (Å²) < 4.78 is 15.5. The zero-order valence-electron chi connectivity index (χ0n) is 15.7. The fraction of sp³-hybridized carbons (Fsp3) is 0.318.